The Balaban J connectivity index is 1.56. The van der Waals surface area contributed by atoms with Crippen LogP contribution in [-0.2, 0) is 4.79 Å². The smallest absolute Gasteiger partial charge is 0.321 e. The molecule has 2 aromatic rings. The molecule has 0 aliphatic carbocycles. The molecule has 1 aliphatic heterocycles. The van der Waals surface area contributed by atoms with Crippen molar-refractivity contribution in [3.05, 3.63) is 54.3 Å². The van der Waals surface area contributed by atoms with Crippen molar-refractivity contribution in [3.63, 3.8) is 0 Å². The average Bonchev–Trinajstić information content (AvgIpc) is 2.70. The van der Waals surface area contributed by atoms with Crippen LogP contribution in [0.25, 0.3) is 0 Å². The van der Waals surface area contributed by atoms with Crippen LogP contribution in [0.15, 0.2) is 48.5 Å². The van der Waals surface area contributed by atoms with Crippen LogP contribution in [0.4, 0.5) is 20.6 Å². The number of methoxy groups -OCH3 is 1. The second kappa shape index (κ2) is 8.53. The number of nitrogens with zero attached hydrogens (tertiary/aromatic N) is 1. The summed E-state index contributed by atoms with van der Waals surface area (Å²) < 4.78 is 18.1. The van der Waals surface area contributed by atoms with Gasteiger partial charge in [-0.05, 0) is 61.4 Å². The fourth-order valence-electron chi connectivity index (χ4n) is 3.03. The number of halogens is 1. The van der Waals surface area contributed by atoms with Crippen LogP contribution >= 0.6 is 0 Å². The molecule has 142 valence electrons. The first-order valence-corrected chi connectivity index (χ1v) is 8.81. The van der Waals surface area contributed by atoms with E-state index < -0.39 is 0 Å². The Labute approximate surface area is 157 Å². The van der Waals surface area contributed by atoms with Gasteiger partial charge in [-0.15, -0.1) is 0 Å². The normalized spacial score (nSPS) is 16.5. The molecule has 6 nitrogen and oxygen atoms in total. The predicted octanol–water partition coefficient (Wildman–Crippen LogP) is 3.72. The SMILES string of the molecule is COc1ccc(NC(=O)N2CCCC(C(=O)Nc3ccc(F)cc3)C2)cc1. The van der Waals surface area contributed by atoms with Crippen LogP contribution in [0.5, 0.6) is 5.75 Å². The molecule has 0 saturated carbocycles. The third-order valence-corrected chi connectivity index (χ3v) is 4.53. The van der Waals surface area contributed by atoms with Crippen molar-refractivity contribution in [2.75, 3.05) is 30.8 Å². The largest absolute Gasteiger partial charge is 0.497 e. The van der Waals surface area contributed by atoms with Gasteiger partial charge in [-0.25, -0.2) is 9.18 Å². The first kappa shape index (κ1) is 18.7. The van der Waals surface area contributed by atoms with Gasteiger partial charge in [0.2, 0.25) is 5.91 Å². The van der Waals surface area contributed by atoms with E-state index in [4.69, 9.17) is 4.74 Å². The number of nitrogens with one attached hydrogen (secondary N) is 2. The summed E-state index contributed by atoms with van der Waals surface area (Å²) in [5, 5.41) is 5.62. The Bertz CT molecular complexity index is 793. The second-order valence-corrected chi connectivity index (χ2v) is 6.44. The van der Waals surface area contributed by atoms with E-state index in [9.17, 15) is 14.0 Å². The third kappa shape index (κ3) is 4.97. The molecule has 7 heteroatoms. The number of hydrogen-bond acceptors (Lipinski definition) is 3. The molecule has 0 spiro atoms. The van der Waals surface area contributed by atoms with Crippen molar-refractivity contribution in [2.24, 2.45) is 5.92 Å². The molecule has 2 aromatic carbocycles. The van der Waals surface area contributed by atoms with Crippen LogP contribution in [-0.4, -0.2) is 37.0 Å². The Hall–Kier alpha value is -3.09. The molecule has 1 fully saturated rings. The molecule has 1 aliphatic rings. The zero-order valence-electron chi connectivity index (χ0n) is 15.1. The van der Waals surface area contributed by atoms with Gasteiger partial charge in [-0.3, -0.25) is 4.79 Å². The van der Waals surface area contributed by atoms with Gasteiger partial charge >= 0.3 is 6.03 Å². The Morgan fingerprint density at radius 2 is 1.67 bits per heavy atom. The molecule has 27 heavy (non-hydrogen) atoms. The zero-order valence-corrected chi connectivity index (χ0v) is 15.1. The lowest BCUT2D eigenvalue weighted by atomic mass is 9.97. The van der Waals surface area contributed by atoms with E-state index in [1.54, 1.807) is 36.3 Å². The lowest BCUT2D eigenvalue weighted by Crippen LogP contribution is -2.45. The number of ether oxygens (including phenoxy) is 1. The highest BCUT2D eigenvalue weighted by atomic mass is 19.1. The maximum Gasteiger partial charge on any atom is 0.321 e. The van der Waals surface area contributed by atoms with Crippen LogP contribution in [0, 0.1) is 11.7 Å². The molecule has 0 bridgehead atoms. The van der Waals surface area contributed by atoms with Crippen molar-refractivity contribution < 1.29 is 18.7 Å². The van der Waals surface area contributed by atoms with Crippen LogP contribution in [0.3, 0.4) is 0 Å². The number of urea groups is 1. The van der Waals surface area contributed by atoms with Gasteiger partial charge in [0.15, 0.2) is 0 Å². The molecule has 1 atom stereocenters. The minimum Gasteiger partial charge on any atom is -0.497 e. The predicted molar refractivity (Wildman–Crippen MR) is 101 cm³/mol. The van der Waals surface area contributed by atoms with E-state index >= 15 is 0 Å². The highest BCUT2D eigenvalue weighted by Crippen LogP contribution is 2.21. The molecule has 0 radical (unpaired) electrons. The summed E-state index contributed by atoms with van der Waals surface area (Å²) in [4.78, 5) is 26.6. The Kier molecular flexibility index (Phi) is 5.90. The molecule has 0 aromatic heterocycles. The molecule has 1 saturated heterocycles. The van der Waals surface area contributed by atoms with Gasteiger partial charge in [-0.1, -0.05) is 0 Å². The topological polar surface area (TPSA) is 70.7 Å². The molecule has 1 unspecified atom stereocenters. The summed E-state index contributed by atoms with van der Waals surface area (Å²) in [6.45, 7) is 0.942. The average molecular weight is 371 g/mol. The maximum absolute atomic E-state index is 13.0. The zero-order chi connectivity index (χ0) is 19.2. The lowest BCUT2D eigenvalue weighted by Gasteiger charge is -2.32. The number of anilines is 2. The van der Waals surface area contributed by atoms with Crippen LogP contribution in [0.2, 0.25) is 0 Å². The number of amides is 3. The van der Waals surface area contributed by atoms with Gasteiger partial charge in [-0.2, -0.15) is 0 Å². The first-order chi connectivity index (χ1) is 13.0. The summed E-state index contributed by atoms with van der Waals surface area (Å²) in [5.74, 6) is -0.107. The van der Waals surface area contributed by atoms with E-state index in [0.717, 1.165) is 6.42 Å². The van der Waals surface area contributed by atoms with Crippen molar-refractivity contribution in [1.82, 2.24) is 4.90 Å². The number of piperidine rings is 1. The number of carbonyl (C=O) groups is 2. The van der Waals surface area contributed by atoms with Crippen molar-refractivity contribution in [2.45, 2.75) is 12.8 Å². The van der Waals surface area contributed by atoms with Crippen LogP contribution < -0.4 is 15.4 Å². The Morgan fingerprint density at radius 3 is 2.33 bits per heavy atom. The third-order valence-electron chi connectivity index (χ3n) is 4.53. The molecular weight excluding hydrogens is 349 g/mol. The minimum atomic E-state index is -0.355. The fourth-order valence-corrected chi connectivity index (χ4v) is 3.03. The summed E-state index contributed by atoms with van der Waals surface area (Å²) in [5.41, 5.74) is 1.21. The fraction of sp³-hybridized carbons (Fsp3) is 0.300. The highest BCUT2D eigenvalue weighted by Gasteiger charge is 2.28. The Morgan fingerprint density at radius 1 is 1.04 bits per heavy atom. The van der Waals surface area contributed by atoms with Crippen molar-refractivity contribution in [1.29, 1.82) is 0 Å². The van der Waals surface area contributed by atoms with Gasteiger partial charge in [0.1, 0.15) is 11.6 Å². The minimum absolute atomic E-state index is 0.163. The number of hydrogen-bond donors (Lipinski definition) is 2. The number of carbonyl (C=O) groups excluding carboxylic acids is 2. The van der Waals surface area contributed by atoms with E-state index in [0.29, 0.717) is 36.6 Å². The molecule has 3 rings (SSSR count). The van der Waals surface area contributed by atoms with E-state index in [-0.39, 0.29) is 23.7 Å². The molecule has 2 N–H and O–H groups in total. The molecular formula is C20H22FN3O3. The van der Waals surface area contributed by atoms with Crippen molar-refractivity contribution >= 4 is 23.3 Å². The highest BCUT2D eigenvalue weighted by molar-refractivity contribution is 5.94. The van der Waals surface area contributed by atoms with Crippen LogP contribution in [0.1, 0.15) is 12.8 Å². The summed E-state index contributed by atoms with van der Waals surface area (Å²) in [7, 11) is 1.58. The van der Waals surface area contributed by atoms with Gasteiger partial charge in [0.25, 0.3) is 0 Å². The second-order valence-electron chi connectivity index (χ2n) is 6.44. The number of likely N-dealkylation sites (tertiary alicyclic amines) is 1. The quantitative estimate of drug-likeness (QED) is 0.861. The monoisotopic (exact) mass is 371 g/mol. The first-order valence-electron chi connectivity index (χ1n) is 8.81. The lowest BCUT2D eigenvalue weighted by molar-refractivity contribution is -0.121. The van der Waals surface area contributed by atoms with Gasteiger partial charge in [0, 0.05) is 24.5 Å². The van der Waals surface area contributed by atoms with E-state index in [2.05, 4.69) is 10.6 Å². The van der Waals surface area contributed by atoms with E-state index in [1.165, 1.54) is 24.3 Å². The summed E-state index contributed by atoms with van der Waals surface area (Å²) >= 11 is 0. The van der Waals surface area contributed by atoms with Gasteiger partial charge < -0.3 is 20.3 Å². The number of rotatable bonds is 4. The van der Waals surface area contributed by atoms with Crippen molar-refractivity contribution in [3.8, 4) is 5.75 Å². The standard InChI is InChI=1S/C20H22FN3O3/c1-27-18-10-8-17(9-11-18)23-20(26)24-12-2-3-14(13-24)19(25)22-16-6-4-15(21)5-7-16/h4-11,14H,2-3,12-13H2,1H3,(H,22,25)(H,23,26). The summed E-state index contributed by atoms with van der Waals surface area (Å²) in [6, 6.07) is 12.5. The van der Waals surface area contributed by atoms with Gasteiger partial charge in [0.05, 0.1) is 13.0 Å². The number of benzene rings is 2. The molecule has 3 amide bonds. The molecule has 1 heterocycles. The van der Waals surface area contributed by atoms with E-state index in [1.807, 2.05) is 0 Å². The maximum atomic E-state index is 13.0. The summed E-state index contributed by atoms with van der Waals surface area (Å²) in [6.07, 6.45) is 1.46.